The Bertz CT molecular complexity index is 1050. The lowest BCUT2D eigenvalue weighted by Gasteiger charge is -2.59. The van der Waals surface area contributed by atoms with Crippen molar-refractivity contribution in [1.29, 1.82) is 0 Å². The molecule has 9 atom stereocenters. The van der Waals surface area contributed by atoms with E-state index in [2.05, 4.69) is 27.7 Å². The van der Waals surface area contributed by atoms with Gasteiger partial charge in [0.05, 0.1) is 24.0 Å². The van der Waals surface area contributed by atoms with Gasteiger partial charge in [-0.05, 0) is 49.5 Å². The Hall–Kier alpha value is -2.14. The van der Waals surface area contributed by atoms with Crippen molar-refractivity contribution in [2.75, 3.05) is 0 Å². The van der Waals surface area contributed by atoms with Crippen LogP contribution < -0.4 is 0 Å². The molecule has 5 aliphatic rings. The highest BCUT2D eigenvalue weighted by Crippen LogP contribution is 2.71. The van der Waals surface area contributed by atoms with Crippen molar-refractivity contribution in [1.82, 2.24) is 0 Å². The van der Waals surface area contributed by atoms with Gasteiger partial charge in [0.25, 0.3) is 0 Å². The molecule has 0 N–H and O–H groups in total. The van der Waals surface area contributed by atoms with Crippen LogP contribution in [0, 0.1) is 28.1 Å². The Kier molecular flexibility index (Phi) is 3.66. The summed E-state index contributed by atoms with van der Waals surface area (Å²) in [5.41, 5.74) is 2.02. The van der Waals surface area contributed by atoms with Crippen LogP contribution in [0.3, 0.4) is 0 Å². The number of fused-ring (bicyclic) bond motifs is 4. The van der Waals surface area contributed by atoms with Gasteiger partial charge >= 0.3 is 5.97 Å². The van der Waals surface area contributed by atoms with Crippen LogP contribution >= 0.6 is 0 Å². The lowest BCUT2D eigenvalue weighted by atomic mass is 9.42. The molecule has 0 aromatic carbocycles. The minimum absolute atomic E-state index is 0.0127. The monoisotopic (exact) mass is 422 g/mol. The van der Waals surface area contributed by atoms with Gasteiger partial charge in [-0.1, -0.05) is 38.8 Å². The van der Waals surface area contributed by atoms with Crippen LogP contribution in [0.5, 0.6) is 0 Å². The highest BCUT2D eigenvalue weighted by Gasteiger charge is 2.77. The smallest absolute Gasteiger partial charge is 0.316 e. The van der Waals surface area contributed by atoms with Crippen molar-refractivity contribution in [3.05, 3.63) is 47.5 Å². The number of hydrogen-bond acceptors (Lipinski definition) is 5. The van der Waals surface area contributed by atoms with E-state index in [1.807, 2.05) is 19.3 Å². The molecule has 1 aromatic heterocycles. The van der Waals surface area contributed by atoms with E-state index in [4.69, 9.17) is 13.9 Å². The highest BCUT2D eigenvalue weighted by molar-refractivity contribution is 6.00. The second kappa shape index (κ2) is 5.80. The summed E-state index contributed by atoms with van der Waals surface area (Å²) in [5.74, 6) is 0.0287. The summed E-state index contributed by atoms with van der Waals surface area (Å²) in [6, 6.07) is 2.03. The summed E-state index contributed by atoms with van der Waals surface area (Å²) in [6.07, 6.45) is 8.06. The van der Waals surface area contributed by atoms with Crippen molar-refractivity contribution in [3.8, 4) is 0 Å². The van der Waals surface area contributed by atoms with Crippen LogP contribution in [0.15, 0.2) is 46.3 Å². The first-order chi connectivity index (χ1) is 14.7. The zero-order valence-corrected chi connectivity index (χ0v) is 18.8. The molecule has 31 heavy (non-hydrogen) atoms. The average Bonchev–Trinajstić information content (AvgIpc) is 3.46. The fraction of sp³-hybridized carbons (Fsp3) is 0.615. The van der Waals surface area contributed by atoms with E-state index in [0.29, 0.717) is 0 Å². The molecular weight excluding hydrogens is 392 g/mol. The summed E-state index contributed by atoms with van der Waals surface area (Å²) < 4.78 is 18.2. The summed E-state index contributed by atoms with van der Waals surface area (Å²) in [4.78, 5) is 26.6. The predicted molar refractivity (Wildman–Crippen MR) is 113 cm³/mol. The first-order valence-electron chi connectivity index (χ1n) is 11.5. The Morgan fingerprint density at radius 2 is 1.94 bits per heavy atom. The molecule has 1 aromatic rings. The lowest BCUT2D eigenvalue weighted by molar-refractivity contribution is -0.186. The maximum absolute atomic E-state index is 13.5. The summed E-state index contributed by atoms with van der Waals surface area (Å²) in [5, 5.41) is 0. The van der Waals surface area contributed by atoms with E-state index in [9.17, 15) is 9.59 Å². The molecule has 3 fully saturated rings. The van der Waals surface area contributed by atoms with Gasteiger partial charge in [0.2, 0.25) is 0 Å². The predicted octanol–water partition coefficient (Wildman–Crippen LogP) is 4.59. The van der Waals surface area contributed by atoms with Crippen molar-refractivity contribution < 1.29 is 23.5 Å². The third kappa shape index (κ3) is 1.99. The Morgan fingerprint density at radius 1 is 1.16 bits per heavy atom. The van der Waals surface area contributed by atoms with Gasteiger partial charge in [-0.15, -0.1) is 0 Å². The largest absolute Gasteiger partial charge is 0.472 e. The van der Waals surface area contributed by atoms with Crippen LogP contribution in [0.2, 0.25) is 0 Å². The number of esters is 1. The van der Waals surface area contributed by atoms with E-state index in [-0.39, 0.29) is 47.1 Å². The Balaban J connectivity index is 1.56. The zero-order valence-electron chi connectivity index (χ0n) is 18.8. The third-order valence-electron chi connectivity index (χ3n) is 9.72. The van der Waals surface area contributed by atoms with Gasteiger partial charge in [0.1, 0.15) is 12.2 Å². The van der Waals surface area contributed by atoms with Crippen molar-refractivity contribution in [2.24, 2.45) is 28.1 Å². The molecule has 3 aliphatic carbocycles. The van der Waals surface area contributed by atoms with Gasteiger partial charge < -0.3 is 13.9 Å². The summed E-state index contributed by atoms with van der Waals surface area (Å²) in [6.45, 7) is 10.7. The molecule has 9 unspecified atom stereocenters. The molecule has 2 saturated heterocycles. The minimum atomic E-state index is -0.772. The SMILES string of the molecule is CCC1C2(C)C3=C(C)C(c4ccoc4)CC3OC2C2OC(=O)C3(C)C=CC(=O)C1(C)C23. The summed E-state index contributed by atoms with van der Waals surface area (Å²) >= 11 is 0. The molecule has 2 aliphatic heterocycles. The van der Waals surface area contributed by atoms with Crippen LogP contribution in [0.1, 0.15) is 58.9 Å². The number of carbonyl (C=O) groups excluding carboxylic acids is 2. The average molecular weight is 423 g/mol. The first kappa shape index (κ1) is 19.5. The number of hydrogen-bond donors (Lipinski definition) is 0. The molecular formula is C26H30O5. The molecule has 3 heterocycles. The maximum atomic E-state index is 13.5. The topological polar surface area (TPSA) is 65.7 Å². The van der Waals surface area contributed by atoms with E-state index in [0.717, 1.165) is 12.8 Å². The van der Waals surface area contributed by atoms with Gasteiger partial charge in [0.15, 0.2) is 5.78 Å². The zero-order chi connectivity index (χ0) is 21.9. The van der Waals surface area contributed by atoms with Crippen LogP contribution in [-0.4, -0.2) is 30.1 Å². The van der Waals surface area contributed by atoms with E-state index < -0.39 is 16.9 Å². The Morgan fingerprint density at radius 3 is 2.61 bits per heavy atom. The molecule has 164 valence electrons. The fourth-order valence-electron chi connectivity index (χ4n) is 8.58. The highest BCUT2D eigenvalue weighted by atomic mass is 16.6. The number of ether oxygens (including phenoxy) is 2. The van der Waals surface area contributed by atoms with Crippen molar-refractivity contribution in [3.63, 3.8) is 0 Å². The standard InChI is InChI=1S/C26H30O5/c1-6-17-25(4)18(27)7-9-24(3)21(25)20(31-23(24)28)22-26(17,5)19-13(2)15(11-16(19)30-22)14-8-10-29-12-14/h7-10,12,15-17,20-22H,6,11H2,1-5H3. The maximum Gasteiger partial charge on any atom is 0.316 e. The van der Waals surface area contributed by atoms with Crippen LogP contribution in [-0.2, 0) is 19.1 Å². The second-order valence-electron chi connectivity index (χ2n) is 10.8. The molecule has 1 saturated carbocycles. The molecule has 0 amide bonds. The van der Waals surface area contributed by atoms with Crippen molar-refractivity contribution >= 4 is 11.8 Å². The normalized spacial score (nSPS) is 49.8. The van der Waals surface area contributed by atoms with Crippen molar-refractivity contribution in [2.45, 2.75) is 71.7 Å². The van der Waals surface area contributed by atoms with Gasteiger partial charge in [-0.2, -0.15) is 0 Å². The number of rotatable bonds is 2. The first-order valence-corrected chi connectivity index (χ1v) is 11.5. The lowest BCUT2D eigenvalue weighted by Crippen LogP contribution is -2.65. The summed E-state index contributed by atoms with van der Waals surface area (Å²) in [7, 11) is 0. The van der Waals surface area contributed by atoms with E-state index in [1.54, 1.807) is 18.4 Å². The number of furan rings is 1. The van der Waals surface area contributed by atoms with Gasteiger partial charge in [-0.3, -0.25) is 9.59 Å². The van der Waals surface area contributed by atoms with Crippen LogP contribution in [0.25, 0.3) is 0 Å². The van der Waals surface area contributed by atoms with Gasteiger partial charge in [0, 0.05) is 22.7 Å². The molecule has 0 spiro atoms. The quantitative estimate of drug-likeness (QED) is 0.515. The number of allylic oxidation sites excluding steroid dienone is 2. The number of carbonyl (C=O) groups is 2. The minimum Gasteiger partial charge on any atom is -0.472 e. The molecule has 0 bridgehead atoms. The van der Waals surface area contributed by atoms with Gasteiger partial charge in [-0.25, -0.2) is 0 Å². The fourth-order valence-corrected chi connectivity index (χ4v) is 8.58. The third-order valence-corrected chi connectivity index (χ3v) is 9.72. The molecule has 5 nitrogen and oxygen atoms in total. The Labute approximate surface area is 182 Å². The van der Waals surface area contributed by atoms with Crippen LogP contribution in [0.4, 0.5) is 0 Å². The van der Waals surface area contributed by atoms with E-state index in [1.165, 1.54) is 16.7 Å². The second-order valence-corrected chi connectivity index (χ2v) is 10.8. The number of ketones is 1. The molecule has 6 rings (SSSR count). The molecule has 0 radical (unpaired) electrons. The molecule has 5 heteroatoms. The van der Waals surface area contributed by atoms with E-state index >= 15 is 0 Å².